The van der Waals surface area contributed by atoms with Crippen LogP contribution in [0.2, 0.25) is 0 Å². The van der Waals surface area contributed by atoms with Crippen LogP contribution in [0.15, 0.2) is 0 Å². The molecule has 3 nitrogen and oxygen atoms in total. The molecule has 0 aromatic carbocycles. The molecular formula is C11H21NO2. The summed E-state index contributed by atoms with van der Waals surface area (Å²) in [6.07, 6.45) is 4.44. The van der Waals surface area contributed by atoms with E-state index in [1.807, 2.05) is 0 Å². The molecule has 1 unspecified atom stereocenters. The summed E-state index contributed by atoms with van der Waals surface area (Å²) in [5.41, 5.74) is 0. The summed E-state index contributed by atoms with van der Waals surface area (Å²) in [5.74, 6) is 0.765. The summed E-state index contributed by atoms with van der Waals surface area (Å²) >= 11 is 0. The zero-order valence-corrected chi connectivity index (χ0v) is 9.29. The van der Waals surface area contributed by atoms with Crippen LogP contribution in [0.25, 0.3) is 0 Å². The topological polar surface area (TPSA) is 29.5 Å². The first-order valence-corrected chi connectivity index (χ1v) is 5.55. The van der Waals surface area contributed by atoms with E-state index in [0.29, 0.717) is 6.42 Å². The normalized spacial score (nSPS) is 22.6. The van der Waals surface area contributed by atoms with Gasteiger partial charge in [0.2, 0.25) is 0 Å². The highest BCUT2D eigenvalue weighted by atomic mass is 16.5. The lowest BCUT2D eigenvalue weighted by atomic mass is 10.0. The van der Waals surface area contributed by atoms with E-state index < -0.39 is 0 Å². The van der Waals surface area contributed by atoms with E-state index in [1.165, 1.54) is 32.9 Å². The van der Waals surface area contributed by atoms with E-state index in [2.05, 4.69) is 16.6 Å². The molecule has 1 rings (SSSR count). The van der Waals surface area contributed by atoms with Crippen molar-refractivity contribution in [3.63, 3.8) is 0 Å². The van der Waals surface area contributed by atoms with Gasteiger partial charge in [0.25, 0.3) is 0 Å². The first kappa shape index (κ1) is 11.5. The number of carbonyl (C=O) groups excluding carboxylic acids is 1. The minimum absolute atomic E-state index is 0.0936. The molecule has 1 aliphatic rings. The third-order valence-electron chi connectivity index (χ3n) is 2.93. The van der Waals surface area contributed by atoms with Crippen LogP contribution in [-0.2, 0) is 9.53 Å². The SMILES string of the molecule is CCCC1CCN(CCC(=O)OC)C1. The molecule has 1 heterocycles. The molecular weight excluding hydrogens is 178 g/mol. The van der Waals surface area contributed by atoms with Crippen LogP contribution < -0.4 is 0 Å². The van der Waals surface area contributed by atoms with Crippen molar-refractivity contribution in [1.29, 1.82) is 0 Å². The first-order chi connectivity index (χ1) is 6.76. The maximum absolute atomic E-state index is 10.9. The number of nitrogens with zero attached hydrogens (tertiary/aromatic N) is 1. The Morgan fingerprint density at radius 1 is 1.57 bits per heavy atom. The first-order valence-electron chi connectivity index (χ1n) is 5.55. The van der Waals surface area contributed by atoms with Gasteiger partial charge in [0, 0.05) is 13.1 Å². The van der Waals surface area contributed by atoms with Gasteiger partial charge in [-0.2, -0.15) is 0 Å². The molecule has 0 aliphatic carbocycles. The van der Waals surface area contributed by atoms with Gasteiger partial charge < -0.3 is 9.64 Å². The van der Waals surface area contributed by atoms with Crippen molar-refractivity contribution in [2.75, 3.05) is 26.7 Å². The van der Waals surface area contributed by atoms with Gasteiger partial charge in [-0.15, -0.1) is 0 Å². The van der Waals surface area contributed by atoms with E-state index in [9.17, 15) is 4.79 Å². The van der Waals surface area contributed by atoms with Crippen LogP contribution in [-0.4, -0.2) is 37.6 Å². The van der Waals surface area contributed by atoms with Crippen LogP contribution >= 0.6 is 0 Å². The van der Waals surface area contributed by atoms with Gasteiger partial charge in [-0.1, -0.05) is 13.3 Å². The van der Waals surface area contributed by atoms with Gasteiger partial charge in [0.05, 0.1) is 13.5 Å². The molecule has 0 aromatic rings. The summed E-state index contributed by atoms with van der Waals surface area (Å²) in [6.45, 7) is 5.43. The van der Waals surface area contributed by atoms with Crippen molar-refractivity contribution < 1.29 is 9.53 Å². The minimum atomic E-state index is -0.0936. The van der Waals surface area contributed by atoms with Gasteiger partial charge >= 0.3 is 5.97 Å². The zero-order valence-electron chi connectivity index (χ0n) is 9.29. The van der Waals surface area contributed by atoms with E-state index >= 15 is 0 Å². The third-order valence-corrected chi connectivity index (χ3v) is 2.93. The van der Waals surface area contributed by atoms with Crippen LogP contribution in [0, 0.1) is 5.92 Å². The second-order valence-corrected chi connectivity index (χ2v) is 4.07. The predicted molar refractivity (Wildman–Crippen MR) is 56.1 cm³/mol. The summed E-state index contributed by atoms with van der Waals surface area (Å²) in [7, 11) is 1.45. The lowest BCUT2D eigenvalue weighted by Gasteiger charge is -2.14. The summed E-state index contributed by atoms with van der Waals surface area (Å²) in [4.78, 5) is 13.3. The molecule has 3 heteroatoms. The molecule has 82 valence electrons. The number of rotatable bonds is 5. The van der Waals surface area contributed by atoms with Gasteiger partial charge in [0.15, 0.2) is 0 Å². The van der Waals surface area contributed by atoms with Gasteiger partial charge in [-0.3, -0.25) is 4.79 Å². The van der Waals surface area contributed by atoms with Crippen LogP contribution in [0.5, 0.6) is 0 Å². The average Bonchev–Trinajstić information content (AvgIpc) is 2.63. The second kappa shape index (κ2) is 6.02. The van der Waals surface area contributed by atoms with E-state index in [1.54, 1.807) is 0 Å². The maximum Gasteiger partial charge on any atom is 0.306 e. The molecule has 1 atom stereocenters. The quantitative estimate of drug-likeness (QED) is 0.631. The van der Waals surface area contributed by atoms with Crippen molar-refractivity contribution >= 4 is 5.97 Å². The Labute approximate surface area is 86.4 Å². The fraction of sp³-hybridized carbons (Fsp3) is 0.909. The summed E-state index contributed by atoms with van der Waals surface area (Å²) in [5, 5.41) is 0. The van der Waals surface area contributed by atoms with Crippen molar-refractivity contribution in [1.82, 2.24) is 4.90 Å². The van der Waals surface area contributed by atoms with Gasteiger partial charge in [0.1, 0.15) is 0 Å². The Bertz CT molecular complexity index is 182. The lowest BCUT2D eigenvalue weighted by molar-refractivity contribution is -0.140. The number of ether oxygens (including phenoxy) is 1. The average molecular weight is 199 g/mol. The van der Waals surface area contributed by atoms with Crippen LogP contribution in [0.4, 0.5) is 0 Å². The highest BCUT2D eigenvalue weighted by Gasteiger charge is 2.21. The highest BCUT2D eigenvalue weighted by Crippen LogP contribution is 2.20. The lowest BCUT2D eigenvalue weighted by Crippen LogP contribution is -2.24. The zero-order chi connectivity index (χ0) is 10.4. The van der Waals surface area contributed by atoms with Gasteiger partial charge in [-0.25, -0.2) is 0 Å². The number of esters is 1. The summed E-state index contributed by atoms with van der Waals surface area (Å²) in [6, 6.07) is 0. The summed E-state index contributed by atoms with van der Waals surface area (Å²) < 4.78 is 4.62. The Hall–Kier alpha value is -0.570. The minimum Gasteiger partial charge on any atom is -0.469 e. The molecule has 1 saturated heterocycles. The van der Waals surface area contributed by atoms with E-state index in [0.717, 1.165) is 19.0 Å². The van der Waals surface area contributed by atoms with Crippen LogP contribution in [0.1, 0.15) is 32.6 Å². The second-order valence-electron chi connectivity index (χ2n) is 4.07. The largest absolute Gasteiger partial charge is 0.469 e. The maximum atomic E-state index is 10.9. The molecule has 0 aromatic heterocycles. The van der Waals surface area contributed by atoms with Crippen molar-refractivity contribution in [3.05, 3.63) is 0 Å². The fourth-order valence-corrected chi connectivity index (χ4v) is 2.11. The molecule has 0 bridgehead atoms. The third kappa shape index (κ3) is 3.66. The van der Waals surface area contributed by atoms with Crippen molar-refractivity contribution in [2.45, 2.75) is 32.6 Å². The molecule has 0 amide bonds. The molecule has 1 aliphatic heterocycles. The fourth-order valence-electron chi connectivity index (χ4n) is 2.11. The monoisotopic (exact) mass is 199 g/mol. The highest BCUT2D eigenvalue weighted by molar-refractivity contribution is 5.69. The smallest absolute Gasteiger partial charge is 0.306 e. The molecule has 14 heavy (non-hydrogen) atoms. The van der Waals surface area contributed by atoms with Gasteiger partial charge in [-0.05, 0) is 25.3 Å². The Morgan fingerprint density at radius 2 is 2.36 bits per heavy atom. The predicted octanol–water partition coefficient (Wildman–Crippen LogP) is 1.67. The molecule has 0 N–H and O–H groups in total. The Balaban J connectivity index is 2.13. The van der Waals surface area contributed by atoms with Crippen molar-refractivity contribution in [3.8, 4) is 0 Å². The molecule has 0 spiro atoms. The van der Waals surface area contributed by atoms with E-state index in [-0.39, 0.29) is 5.97 Å². The van der Waals surface area contributed by atoms with E-state index in [4.69, 9.17) is 0 Å². The number of hydrogen-bond donors (Lipinski definition) is 0. The number of carbonyl (C=O) groups is 1. The molecule has 0 radical (unpaired) electrons. The Morgan fingerprint density at radius 3 is 3.00 bits per heavy atom. The Kier molecular flexibility index (Phi) is 4.94. The number of methoxy groups -OCH3 is 1. The standard InChI is InChI=1S/C11H21NO2/c1-3-4-10-5-7-12(9-10)8-6-11(13)14-2/h10H,3-9H2,1-2H3. The molecule has 1 fully saturated rings. The number of likely N-dealkylation sites (tertiary alicyclic amines) is 1. The van der Waals surface area contributed by atoms with Crippen molar-refractivity contribution in [2.24, 2.45) is 5.92 Å². The number of hydrogen-bond acceptors (Lipinski definition) is 3. The molecule has 0 saturated carbocycles. The van der Waals surface area contributed by atoms with Crippen LogP contribution in [0.3, 0.4) is 0 Å².